The molecule has 0 fully saturated rings. The largest absolute Gasteiger partial charge is 0.352 e. The molecule has 2 amide bonds. The monoisotopic (exact) mass is 577 g/mol. The molecule has 2 aromatic carbocycles. The minimum atomic E-state index is -3.81. The molecule has 0 saturated carbocycles. The lowest BCUT2D eigenvalue weighted by molar-refractivity contribution is -0.139. The van der Waals surface area contributed by atoms with Crippen LogP contribution in [-0.4, -0.2) is 50.0 Å². The van der Waals surface area contributed by atoms with E-state index in [9.17, 15) is 18.0 Å². The molecule has 1 N–H and O–H groups in total. The van der Waals surface area contributed by atoms with Crippen molar-refractivity contribution < 1.29 is 18.0 Å². The van der Waals surface area contributed by atoms with Crippen LogP contribution in [0, 0.1) is 0 Å². The highest BCUT2D eigenvalue weighted by atomic mass is 79.9. The first-order valence-electron chi connectivity index (χ1n) is 10.1. The first-order chi connectivity index (χ1) is 15.3. The van der Waals surface area contributed by atoms with E-state index in [1.807, 2.05) is 0 Å². The van der Waals surface area contributed by atoms with Gasteiger partial charge in [0.1, 0.15) is 12.6 Å². The number of benzene rings is 2. The van der Waals surface area contributed by atoms with Gasteiger partial charge < -0.3 is 10.2 Å². The van der Waals surface area contributed by atoms with E-state index < -0.39 is 28.5 Å². The molecule has 0 spiro atoms. The van der Waals surface area contributed by atoms with Crippen molar-refractivity contribution in [1.82, 2.24) is 10.2 Å². The molecule has 0 heterocycles. The Balaban J connectivity index is 2.45. The second kappa shape index (κ2) is 11.6. The van der Waals surface area contributed by atoms with Gasteiger partial charge in [-0.05, 0) is 51.1 Å². The molecule has 0 unspecified atom stereocenters. The summed E-state index contributed by atoms with van der Waals surface area (Å²) in [5.41, 5.74) is 0.780. The van der Waals surface area contributed by atoms with Gasteiger partial charge >= 0.3 is 0 Å². The second-order valence-electron chi connectivity index (χ2n) is 7.81. The zero-order valence-corrected chi connectivity index (χ0v) is 22.6. The lowest BCUT2D eigenvalue weighted by Gasteiger charge is -2.32. The van der Waals surface area contributed by atoms with Crippen LogP contribution in [0.2, 0.25) is 10.0 Å². The summed E-state index contributed by atoms with van der Waals surface area (Å²) >= 11 is 15.9. The van der Waals surface area contributed by atoms with Crippen LogP contribution in [-0.2, 0) is 26.2 Å². The molecular formula is C22H26BrCl2N3O4S. The van der Waals surface area contributed by atoms with Crippen LogP contribution in [0.5, 0.6) is 0 Å². The highest BCUT2D eigenvalue weighted by Gasteiger charge is 2.31. The summed E-state index contributed by atoms with van der Waals surface area (Å²) in [6, 6.07) is 10.5. The van der Waals surface area contributed by atoms with E-state index in [1.54, 1.807) is 63.2 Å². The number of carbonyl (C=O) groups is 2. The zero-order chi connectivity index (χ0) is 24.9. The summed E-state index contributed by atoms with van der Waals surface area (Å²) in [6.07, 6.45) is 1.02. The number of hydrogen-bond acceptors (Lipinski definition) is 4. The van der Waals surface area contributed by atoms with Gasteiger partial charge in [-0.25, -0.2) is 8.42 Å². The molecule has 0 aliphatic heterocycles. The molecule has 0 aliphatic carbocycles. The predicted octanol–water partition coefficient (Wildman–Crippen LogP) is 4.46. The van der Waals surface area contributed by atoms with Gasteiger partial charge in [-0.3, -0.25) is 13.9 Å². The summed E-state index contributed by atoms with van der Waals surface area (Å²) in [7, 11) is -3.81. The third-order valence-corrected chi connectivity index (χ3v) is 7.11. The topological polar surface area (TPSA) is 86.8 Å². The Bertz CT molecular complexity index is 1110. The van der Waals surface area contributed by atoms with E-state index in [2.05, 4.69) is 21.2 Å². The number of carbonyl (C=O) groups excluding carboxylic acids is 2. The van der Waals surface area contributed by atoms with Crippen molar-refractivity contribution >= 4 is 66.7 Å². The van der Waals surface area contributed by atoms with Gasteiger partial charge in [-0.2, -0.15) is 0 Å². The maximum absolute atomic E-state index is 13.5. The van der Waals surface area contributed by atoms with Gasteiger partial charge in [0, 0.05) is 32.7 Å². The van der Waals surface area contributed by atoms with Gasteiger partial charge in [0.2, 0.25) is 21.8 Å². The van der Waals surface area contributed by atoms with Crippen molar-refractivity contribution in [3.63, 3.8) is 0 Å². The Kier molecular flexibility index (Phi) is 9.60. The van der Waals surface area contributed by atoms with Gasteiger partial charge in [0.25, 0.3) is 0 Å². The maximum Gasteiger partial charge on any atom is 0.244 e. The molecule has 180 valence electrons. The quantitative estimate of drug-likeness (QED) is 0.476. The Hall–Kier alpha value is -1.81. The summed E-state index contributed by atoms with van der Waals surface area (Å²) < 4.78 is 26.7. The second-order valence-corrected chi connectivity index (χ2v) is 11.4. The van der Waals surface area contributed by atoms with Crippen LogP contribution in [0.1, 0.15) is 26.3 Å². The number of halogens is 3. The first kappa shape index (κ1) is 27.4. The maximum atomic E-state index is 13.5. The fraction of sp³-hybridized carbons (Fsp3) is 0.364. The average Bonchev–Trinajstić information content (AvgIpc) is 2.69. The van der Waals surface area contributed by atoms with Crippen LogP contribution in [0.15, 0.2) is 46.9 Å². The molecule has 0 saturated heterocycles. The molecule has 0 aliphatic rings. The normalized spacial score (nSPS) is 12.4. The van der Waals surface area contributed by atoms with E-state index in [0.29, 0.717) is 25.8 Å². The van der Waals surface area contributed by atoms with Gasteiger partial charge in [0.15, 0.2) is 0 Å². The van der Waals surface area contributed by atoms with Crippen molar-refractivity contribution in [3.05, 3.63) is 62.5 Å². The number of nitrogens with one attached hydrogen (secondary N) is 1. The lowest BCUT2D eigenvalue weighted by atomic mass is 10.1. The molecule has 0 radical (unpaired) electrons. The van der Waals surface area contributed by atoms with Crippen molar-refractivity contribution in [2.45, 2.75) is 39.4 Å². The summed E-state index contributed by atoms with van der Waals surface area (Å²) in [6.45, 7) is 4.61. The smallest absolute Gasteiger partial charge is 0.244 e. The minimum Gasteiger partial charge on any atom is -0.352 e. The van der Waals surface area contributed by atoms with Crippen LogP contribution in [0.4, 0.5) is 5.69 Å². The van der Waals surface area contributed by atoms with Gasteiger partial charge in [-0.1, -0.05) is 51.3 Å². The Morgan fingerprint density at radius 1 is 1.06 bits per heavy atom. The van der Waals surface area contributed by atoms with E-state index >= 15 is 0 Å². The van der Waals surface area contributed by atoms with E-state index in [1.165, 1.54) is 4.90 Å². The zero-order valence-electron chi connectivity index (χ0n) is 18.7. The number of sulfonamides is 1. The van der Waals surface area contributed by atoms with Gasteiger partial charge in [0.05, 0.1) is 11.9 Å². The molecular weight excluding hydrogens is 553 g/mol. The van der Waals surface area contributed by atoms with Crippen molar-refractivity contribution in [3.8, 4) is 0 Å². The minimum absolute atomic E-state index is 0.0693. The third-order valence-electron chi connectivity index (χ3n) is 4.76. The summed E-state index contributed by atoms with van der Waals surface area (Å²) in [5.74, 6) is -0.960. The number of hydrogen-bond donors (Lipinski definition) is 1. The number of nitrogens with zero attached hydrogens (tertiary/aromatic N) is 2. The predicted molar refractivity (Wildman–Crippen MR) is 136 cm³/mol. The standard InChI is InChI=1S/C22H26BrCl2N3O4S/c1-14(2)26-22(30)15(3)27(12-18-19(24)9-6-10-20(18)25)21(29)13-28(33(4,31)32)17-8-5-7-16(23)11-17/h5-11,14-15H,12-13H2,1-4H3,(H,26,30)/t15-/m1/s1. The lowest BCUT2D eigenvalue weighted by Crippen LogP contribution is -2.52. The Morgan fingerprint density at radius 3 is 2.15 bits per heavy atom. The molecule has 1 atom stereocenters. The van der Waals surface area contributed by atoms with Crippen LogP contribution < -0.4 is 9.62 Å². The fourth-order valence-corrected chi connectivity index (χ4v) is 4.83. The van der Waals surface area contributed by atoms with Crippen LogP contribution in [0.25, 0.3) is 0 Å². The van der Waals surface area contributed by atoms with Crippen molar-refractivity contribution in [2.24, 2.45) is 0 Å². The van der Waals surface area contributed by atoms with Gasteiger partial charge in [-0.15, -0.1) is 0 Å². The number of anilines is 1. The molecule has 2 aromatic rings. The van der Waals surface area contributed by atoms with Crippen molar-refractivity contribution in [2.75, 3.05) is 17.1 Å². The molecule has 7 nitrogen and oxygen atoms in total. The van der Waals surface area contributed by atoms with Crippen molar-refractivity contribution in [1.29, 1.82) is 0 Å². The number of amides is 2. The SMILES string of the molecule is CC(C)NC(=O)[C@@H](C)N(Cc1c(Cl)cccc1Cl)C(=O)CN(c1cccc(Br)c1)S(C)(=O)=O. The summed E-state index contributed by atoms with van der Waals surface area (Å²) in [4.78, 5) is 27.5. The Morgan fingerprint density at radius 2 is 1.64 bits per heavy atom. The Labute approximate surface area is 213 Å². The molecule has 11 heteroatoms. The molecule has 33 heavy (non-hydrogen) atoms. The first-order valence-corrected chi connectivity index (χ1v) is 13.5. The van der Waals surface area contributed by atoms with E-state index in [0.717, 1.165) is 10.6 Å². The fourth-order valence-electron chi connectivity index (χ4n) is 3.09. The van der Waals surface area contributed by atoms with E-state index in [4.69, 9.17) is 23.2 Å². The van der Waals surface area contributed by atoms with Crippen LogP contribution in [0.3, 0.4) is 0 Å². The molecule has 0 bridgehead atoms. The summed E-state index contributed by atoms with van der Waals surface area (Å²) in [5, 5.41) is 3.45. The van der Waals surface area contributed by atoms with Crippen LogP contribution >= 0.6 is 39.1 Å². The van der Waals surface area contributed by atoms with E-state index in [-0.39, 0.29) is 18.5 Å². The third kappa shape index (κ3) is 7.60. The molecule has 2 rings (SSSR count). The molecule has 0 aromatic heterocycles. The highest BCUT2D eigenvalue weighted by Crippen LogP contribution is 2.27. The highest BCUT2D eigenvalue weighted by molar-refractivity contribution is 9.10. The number of rotatable bonds is 9. The average molecular weight is 579 g/mol.